The summed E-state index contributed by atoms with van der Waals surface area (Å²) in [5.41, 5.74) is 2.62. The van der Waals surface area contributed by atoms with Crippen LogP contribution in [0.5, 0.6) is 0 Å². The molecule has 2 aliphatic heterocycles. The van der Waals surface area contributed by atoms with Crippen molar-refractivity contribution in [3.8, 4) is 0 Å². The highest BCUT2D eigenvalue weighted by molar-refractivity contribution is 7.08. The lowest BCUT2D eigenvalue weighted by Crippen LogP contribution is -2.40. The number of halogens is 2. The number of aliphatic hydroxyl groups excluding tert-OH is 1. The SMILES string of the molecule is CC(C)(C)C(O)CC1CCN(C[C@H]2CN(Cc3ccc(Cl)cc3Cl)C[C@@H]2c2ccsc2)CC1. The molecule has 2 saturated heterocycles. The van der Waals surface area contributed by atoms with Gasteiger partial charge in [0.1, 0.15) is 0 Å². The number of rotatable bonds is 7. The highest BCUT2D eigenvalue weighted by atomic mass is 35.5. The standard InChI is InChI=1S/C27H38Cl2N2OS/c1-27(2,3)26(32)12-19-6-9-30(10-7-19)15-22-16-31(17-24(22)21-8-11-33-18-21)14-20-4-5-23(28)13-25(20)29/h4-5,8,11,13,18-19,22,24,26,32H,6-7,9-10,12,14-17H2,1-3H3/t22-,24+,26?/m0/s1. The smallest absolute Gasteiger partial charge is 0.0591 e. The van der Waals surface area contributed by atoms with Crippen molar-refractivity contribution in [1.82, 2.24) is 9.80 Å². The van der Waals surface area contributed by atoms with Gasteiger partial charge in [-0.3, -0.25) is 4.90 Å². The maximum Gasteiger partial charge on any atom is 0.0591 e. The Morgan fingerprint density at radius 1 is 1.09 bits per heavy atom. The van der Waals surface area contributed by atoms with Gasteiger partial charge in [0.05, 0.1) is 6.10 Å². The molecule has 33 heavy (non-hydrogen) atoms. The molecule has 1 aromatic carbocycles. The van der Waals surface area contributed by atoms with Crippen LogP contribution in [0.4, 0.5) is 0 Å². The normalized spacial score (nSPS) is 24.4. The first-order chi connectivity index (χ1) is 15.7. The lowest BCUT2D eigenvalue weighted by Gasteiger charge is -2.37. The van der Waals surface area contributed by atoms with E-state index in [0.29, 0.717) is 22.8 Å². The van der Waals surface area contributed by atoms with Gasteiger partial charge in [-0.25, -0.2) is 0 Å². The summed E-state index contributed by atoms with van der Waals surface area (Å²) in [7, 11) is 0. The molecule has 0 amide bonds. The third-order valence-corrected chi connectivity index (χ3v) is 8.94. The van der Waals surface area contributed by atoms with E-state index in [-0.39, 0.29) is 11.5 Å². The number of hydrogen-bond donors (Lipinski definition) is 1. The topological polar surface area (TPSA) is 26.7 Å². The average molecular weight is 510 g/mol. The Bertz CT molecular complexity index is 890. The minimum absolute atomic E-state index is 0.0226. The van der Waals surface area contributed by atoms with Gasteiger partial charge in [0.2, 0.25) is 0 Å². The molecule has 182 valence electrons. The van der Waals surface area contributed by atoms with Crippen LogP contribution < -0.4 is 0 Å². The monoisotopic (exact) mass is 508 g/mol. The number of benzene rings is 1. The van der Waals surface area contributed by atoms with Crippen molar-refractivity contribution in [3.63, 3.8) is 0 Å². The number of piperidine rings is 1. The molecular weight excluding hydrogens is 471 g/mol. The zero-order chi connectivity index (χ0) is 23.6. The van der Waals surface area contributed by atoms with E-state index in [1.54, 1.807) is 11.3 Å². The van der Waals surface area contributed by atoms with Crippen LogP contribution in [0, 0.1) is 17.3 Å². The molecular formula is C27H38Cl2N2OS. The van der Waals surface area contributed by atoms with Gasteiger partial charge >= 0.3 is 0 Å². The predicted octanol–water partition coefficient (Wildman–Crippen LogP) is 6.78. The van der Waals surface area contributed by atoms with Gasteiger partial charge in [0, 0.05) is 42.1 Å². The van der Waals surface area contributed by atoms with Crippen molar-refractivity contribution in [2.45, 2.75) is 58.6 Å². The number of likely N-dealkylation sites (tertiary alicyclic amines) is 2. The van der Waals surface area contributed by atoms with Crippen LogP contribution >= 0.6 is 34.5 Å². The Hall–Kier alpha value is -0.620. The van der Waals surface area contributed by atoms with Crippen molar-refractivity contribution >= 4 is 34.5 Å². The highest BCUT2D eigenvalue weighted by Crippen LogP contribution is 2.37. The second-order valence-electron chi connectivity index (χ2n) is 11.2. The van der Waals surface area contributed by atoms with Gasteiger partial charge in [-0.15, -0.1) is 0 Å². The molecule has 3 nitrogen and oxygen atoms in total. The van der Waals surface area contributed by atoms with Crippen molar-refractivity contribution < 1.29 is 5.11 Å². The maximum absolute atomic E-state index is 10.5. The summed E-state index contributed by atoms with van der Waals surface area (Å²) in [6.07, 6.45) is 3.13. The molecule has 0 bridgehead atoms. The largest absolute Gasteiger partial charge is 0.393 e. The quantitative estimate of drug-likeness (QED) is 0.446. The van der Waals surface area contributed by atoms with Crippen molar-refractivity contribution in [1.29, 1.82) is 0 Å². The molecule has 0 saturated carbocycles. The Morgan fingerprint density at radius 2 is 1.85 bits per heavy atom. The lowest BCUT2D eigenvalue weighted by atomic mass is 9.80. The van der Waals surface area contributed by atoms with Gasteiger partial charge < -0.3 is 10.0 Å². The first-order valence-electron chi connectivity index (χ1n) is 12.3. The van der Waals surface area contributed by atoms with Crippen LogP contribution in [0.1, 0.15) is 57.1 Å². The fourth-order valence-corrected chi connectivity index (χ4v) is 6.63. The molecule has 3 heterocycles. The summed E-state index contributed by atoms with van der Waals surface area (Å²) in [4.78, 5) is 5.23. The fourth-order valence-electron chi connectivity index (χ4n) is 5.43. The van der Waals surface area contributed by atoms with Crippen molar-refractivity contribution in [3.05, 3.63) is 56.2 Å². The molecule has 2 aliphatic rings. The molecule has 3 atom stereocenters. The number of hydrogen-bond acceptors (Lipinski definition) is 4. The van der Waals surface area contributed by atoms with Crippen molar-refractivity contribution in [2.24, 2.45) is 17.3 Å². The third kappa shape index (κ3) is 6.74. The second kappa shape index (κ2) is 11.0. The fraction of sp³-hybridized carbons (Fsp3) is 0.630. The molecule has 6 heteroatoms. The van der Waals surface area contributed by atoms with Crippen LogP contribution in [-0.2, 0) is 6.54 Å². The van der Waals surface area contributed by atoms with Gasteiger partial charge in [-0.2, -0.15) is 11.3 Å². The minimum Gasteiger partial charge on any atom is -0.393 e. The number of aliphatic hydroxyl groups is 1. The third-order valence-electron chi connectivity index (χ3n) is 7.65. The van der Waals surface area contributed by atoms with E-state index in [1.165, 1.54) is 18.4 Å². The molecule has 2 fully saturated rings. The predicted molar refractivity (Wildman–Crippen MR) is 142 cm³/mol. The van der Waals surface area contributed by atoms with E-state index < -0.39 is 0 Å². The van der Waals surface area contributed by atoms with E-state index >= 15 is 0 Å². The zero-order valence-corrected chi connectivity index (χ0v) is 22.5. The first kappa shape index (κ1) is 25.5. The Labute approximate surface area is 213 Å². The average Bonchev–Trinajstić information content (AvgIpc) is 3.41. The summed E-state index contributed by atoms with van der Waals surface area (Å²) in [6.45, 7) is 12.9. The summed E-state index contributed by atoms with van der Waals surface area (Å²) in [6, 6.07) is 8.16. The van der Waals surface area contributed by atoms with Crippen LogP contribution in [0.25, 0.3) is 0 Å². The molecule has 0 radical (unpaired) electrons. The Kier molecular flexibility index (Phi) is 8.47. The van der Waals surface area contributed by atoms with Crippen LogP contribution in [0.3, 0.4) is 0 Å². The summed E-state index contributed by atoms with van der Waals surface area (Å²) in [5, 5.41) is 16.5. The van der Waals surface area contributed by atoms with Crippen molar-refractivity contribution in [2.75, 3.05) is 32.7 Å². The molecule has 0 spiro atoms. The van der Waals surface area contributed by atoms with E-state index in [1.807, 2.05) is 12.1 Å². The molecule has 2 aromatic rings. The minimum atomic E-state index is -0.208. The maximum atomic E-state index is 10.5. The molecule has 1 N–H and O–H groups in total. The van der Waals surface area contributed by atoms with Gasteiger partial charge in [0.15, 0.2) is 0 Å². The molecule has 1 unspecified atom stereocenters. The second-order valence-corrected chi connectivity index (χ2v) is 12.8. The van der Waals surface area contributed by atoms with E-state index in [9.17, 15) is 5.11 Å². The van der Waals surface area contributed by atoms with Gasteiger partial charge in [0.25, 0.3) is 0 Å². The van der Waals surface area contributed by atoms with Crippen LogP contribution in [0.15, 0.2) is 35.0 Å². The van der Waals surface area contributed by atoms with Gasteiger partial charge in [-0.1, -0.05) is 50.0 Å². The first-order valence-corrected chi connectivity index (χ1v) is 14.0. The van der Waals surface area contributed by atoms with E-state index in [0.717, 1.165) is 56.3 Å². The van der Waals surface area contributed by atoms with E-state index in [4.69, 9.17) is 23.2 Å². The number of nitrogens with zero attached hydrogens (tertiary/aromatic N) is 2. The highest BCUT2D eigenvalue weighted by Gasteiger charge is 2.36. The lowest BCUT2D eigenvalue weighted by molar-refractivity contribution is 0.0283. The molecule has 0 aliphatic carbocycles. The van der Waals surface area contributed by atoms with Crippen LogP contribution in [-0.4, -0.2) is 53.7 Å². The zero-order valence-electron chi connectivity index (χ0n) is 20.1. The van der Waals surface area contributed by atoms with E-state index in [2.05, 4.69) is 53.5 Å². The molecule has 1 aromatic heterocycles. The summed E-state index contributed by atoms with van der Waals surface area (Å²) in [5.74, 6) is 1.85. The summed E-state index contributed by atoms with van der Waals surface area (Å²) >= 11 is 14.4. The van der Waals surface area contributed by atoms with Gasteiger partial charge in [-0.05, 0) is 89.7 Å². The Balaban J connectivity index is 1.35. The van der Waals surface area contributed by atoms with Crippen LogP contribution in [0.2, 0.25) is 10.0 Å². The number of thiophene rings is 1. The Morgan fingerprint density at radius 3 is 2.48 bits per heavy atom. The molecule has 4 rings (SSSR count). The summed E-state index contributed by atoms with van der Waals surface area (Å²) < 4.78 is 0.